The van der Waals surface area contributed by atoms with Crippen LogP contribution in [-0.2, 0) is 6.42 Å². The van der Waals surface area contributed by atoms with Gasteiger partial charge in [-0.3, -0.25) is 9.38 Å². The van der Waals surface area contributed by atoms with Gasteiger partial charge in [-0.25, -0.2) is 9.37 Å². The van der Waals surface area contributed by atoms with Gasteiger partial charge in [-0.1, -0.05) is 25.8 Å². The van der Waals surface area contributed by atoms with Crippen LogP contribution in [0.2, 0.25) is 0 Å². The first-order chi connectivity index (χ1) is 11.8. The Morgan fingerprint density at radius 1 is 1.25 bits per heavy atom. The fourth-order valence-corrected chi connectivity index (χ4v) is 3.59. The number of imidazole rings is 1. The van der Waals surface area contributed by atoms with Crippen LogP contribution in [-0.4, -0.2) is 20.4 Å². The Labute approximate surface area is 140 Å². The third-order valence-corrected chi connectivity index (χ3v) is 4.81. The molecule has 1 fully saturated rings. The van der Waals surface area contributed by atoms with Crippen molar-refractivity contribution in [2.75, 3.05) is 5.32 Å². The van der Waals surface area contributed by atoms with Crippen molar-refractivity contribution < 1.29 is 4.39 Å². The number of rotatable bonds is 4. The summed E-state index contributed by atoms with van der Waals surface area (Å²) in [5.74, 6) is 0.563. The number of hydrogen-bond acceptors (Lipinski definition) is 3. The first-order valence-electron chi connectivity index (χ1n) is 8.64. The van der Waals surface area contributed by atoms with E-state index in [0.717, 1.165) is 30.7 Å². The molecule has 3 heterocycles. The number of nitrogens with zero attached hydrogens (tertiary/aromatic N) is 3. The van der Waals surface area contributed by atoms with E-state index in [0.29, 0.717) is 17.3 Å². The first-order valence-corrected chi connectivity index (χ1v) is 8.64. The van der Waals surface area contributed by atoms with Gasteiger partial charge in [0.1, 0.15) is 17.2 Å². The van der Waals surface area contributed by atoms with E-state index in [1.165, 1.54) is 24.7 Å². The van der Waals surface area contributed by atoms with E-state index >= 15 is 0 Å². The molecule has 1 aliphatic rings. The molecule has 0 aromatic carbocycles. The highest BCUT2D eigenvalue weighted by Crippen LogP contribution is 2.33. The minimum absolute atomic E-state index is 0.339. The molecular weight excluding hydrogens is 303 g/mol. The summed E-state index contributed by atoms with van der Waals surface area (Å²) in [6.45, 7) is 2.13. The molecule has 4 rings (SSSR count). The predicted molar refractivity (Wildman–Crippen MR) is 93.6 cm³/mol. The molecular formula is C19H21FN4. The molecule has 0 saturated heterocycles. The molecule has 0 spiro atoms. The zero-order valence-electron chi connectivity index (χ0n) is 13.8. The van der Waals surface area contributed by atoms with E-state index in [9.17, 15) is 4.39 Å². The van der Waals surface area contributed by atoms with E-state index in [1.54, 1.807) is 12.3 Å². The number of halogens is 1. The lowest BCUT2D eigenvalue weighted by atomic mass is 10.1. The third-order valence-electron chi connectivity index (χ3n) is 4.81. The molecule has 0 aliphatic heterocycles. The van der Waals surface area contributed by atoms with Crippen molar-refractivity contribution in [3.63, 3.8) is 0 Å². The smallest absolute Gasteiger partial charge is 0.151 e. The quantitative estimate of drug-likeness (QED) is 0.771. The minimum atomic E-state index is -0.339. The summed E-state index contributed by atoms with van der Waals surface area (Å²) in [6, 6.07) is 8.21. The van der Waals surface area contributed by atoms with E-state index in [2.05, 4.69) is 27.7 Å². The van der Waals surface area contributed by atoms with Gasteiger partial charge in [0.15, 0.2) is 5.82 Å². The standard InChI is InChI=1S/C19H21FN4/c1-2-14-8-5-9-17-23-18(15-10-11-21-12-16(15)20)19(24(14)17)22-13-6-3-4-7-13/h5,8-13,22H,2-4,6-7H2,1H3. The van der Waals surface area contributed by atoms with Crippen molar-refractivity contribution in [3.05, 3.63) is 48.2 Å². The minimum Gasteiger partial charge on any atom is -0.367 e. The van der Waals surface area contributed by atoms with E-state index in [-0.39, 0.29) is 5.82 Å². The van der Waals surface area contributed by atoms with E-state index in [1.807, 2.05) is 12.1 Å². The Morgan fingerprint density at radius 2 is 2.08 bits per heavy atom. The number of fused-ring (bicyclic) bond motifs is 1. The van der Waals surface area contributed by atoms with Gasteiger partial charge in [0, 0.05) is 23.5 Å². The Hall–Kier alpha value is -2.43. The van der Waals surface area contributed by atoms with Crippen molar-refractivity contribution in [2.45, 2.75) is 45.1 Å². The fraction of sp³-hybridized carbons (Fsp3) is 0.368. The van der Waals surface area contributed by atoms with Crippen molar-refractivity contribution in [3.8, 4) is 11.3 Å². The monoisotopic (exact) mass is 324 g/mol. The van der Waals surface area contributed by atoms with Crippen molar-refractivity contribution in [2.24, 2.45) is 0 Å². The number of pyridine rings is 2. The largest absolute Gasteiger partial charge is 0.367 e. The number of anilines is 1. The summed E-state index contributed by atoms with van der Waals surface area (Å²) < 4.78 is 16.5. The Kier molecular flexibility index (Phi) is 3.92. The number of aromatic nitrogens is 3. The van der Waals surface area contributed by atoms with Crippen molar-refractivity contribution >= 4 is 11.5 Å². The molecule has 3 aromatic rings. The lowest BCUT2D eigenvalue weighted by Crippen LogP contribution is -2.17. The van der Waals surface area contributed by atoms with Gasteiger partial charge in [-0.15, -0.1) is 0 Å². The average Bonchev–Trinajstić information content (AvgIpc) is 3.24. The zero-order valence-corrected chi connectivity index (χ0v) is 13.8. The molecule has 24 heavy (non-hydrogen) atoms. The fourth-order valence-electron chi connectivity index (χ4n) is 3.59. The topological polar surface area (TPSA) is 42.2 Å². The molecule has 4 nitrogen and oxygen atoms in total. The molecule has 0 radical (unpaired) electrons. The summed E-state index contributed by atoms with van der Waals surface area (Å²) in [5, 5.41) is 3.65. The summed E-state index contributed by atoms with van der Waals surface area (Å²) in [5.41, 5.74) is 3.18. The molecule has 1 saturated carbocycles. The van der Waals surface area contributed by atoms with Crippen LogP contribution < -0.4 is 5.32 Å². The van der Waals surface area contributed by atoms with Crippen LogP contribution in [0, 0.1) is 5.82 Å². The molecule has 0 amide bonds. The summed E-state index contributed by atoms with van der Waals surface area (Å²) in [4.78, 5) is 8.59. The van der Waals surface area contributed by atoms with Crippen LogP contribution in [0.15, 0.2) is 36.7 Å². The van der Waals surface area contributed by atoms with E-state index < -0.39 is 0 Å². The third kappa shape index (κ3) is 2.54. The van der Waals surface area contributed by atoms with Crippen LogP contribution in [0.3, 0.4) is 0 Å². The van der Waals surface area contributed by atoms with Crippen LogP contribution in [0.4, 0.5) is 10.2 Å². The highest BCUT2D eigenvalue weighted by Gasteiger charge is 2.22. The second-order valence-corrected chi connectivity index (χ2v) is 6.35. The van der Waals surface area contributed by atoms with Gasteiger partial charge in [0.25, 0.3) is 0 Å². The second-order valence-electron chi connectivity index (χ2n) is 6.35. The Balaban J connectivity index is 1.93. The first kappa shape index (κ1) is 15.1. The van der Waals surface area contributed by atoms with Crippen LogP contribution in [0.1, 0.15) is 38.3 Å². The molecule has 1 aliphatic carbocycles. The maximum absolute atomic E-state index is 14.3. The van der Waals surface area contributed by atoms with Crippen molar-refractivity contribution in [1.82, 2.24) is 14.4 Å². The summed E-state index contributed by atoms with van der Waals surface area (Å²) in [6.07, 6.45) is 8.55. The number of aryl methyl sites for hydroxylation is 1. The molecule has 3 aromatic heterocycles. The van der Waals surface area contributed by atoms with Crippen LogP contribution in [0.25, 0.3) is 16.9 Å². The zero-order chi connectivity index (χ0) is 16.5. The molecule has 124 valence electrons. The van der Waals surface area contributed by atoms with Crippen LogP contribution in [0.5, 0.6) is 0 Å². The molecule has 0 bridgehead atoms. The lowest BCUT2D eigenvalue weighted by Gasteiger charge is -2.16. The highest BCUT2D eigenvalue weighted by atomic mass is 19.1. The Morgan fingerprint density at radius 3 is 2.83 bits per heavy atom. The molecule has 1 N–H and O–H groups in total. The second kappa shape index (κ2) is 6.23. The maximum atomic E-state index is 14.3. The van der Waals surface area contributed by atoms with Crippen LogP contribution >= 0.6 is 0 Å². The van der Waals surface area contributed by atoms with Gasteiger partial charge in [0.2, 0.25) is 0 Å². The lowest BCUT2D eigenvalue weighted by molar-refractivity contribution is 0.624. The summed E-state index contributed by atoms with van der Waals surface area (Å²) in [7, 11) is 0. The molecule has 5 heteroatoms. The molecule has 0 atom stereocenters. The van der Waals surface area contributed by atoms with Gasteiger partial charge in [-0.2, -0.15) is 0 Å². The van der Waals surface area contributed by atoms with Gasteiger partial charge in [0.05, 0.1) is 6.20 Å². The normalized spacial score (nSPS) is 15.2. The highest BCUT2D eigenvalue weighted by molar-refractivity contribution is 5.77. The van der Waals surface area contributed by atoms with Gasteiger partial charge < -0.3 is 5.32 Å². The molecule has 0 unspecified atom stereocenters. The maximum Gasteiger partial charge on any atom is 0.151 e. The van der Waals surface area contributed by atoms with Gasteiger partial charge >= 0.3 is 0 Å². The average molecular weight is 324 g/mol. The van der Waals surface area contributed by atoms with E-state index in [4.69, 9.17) is 4.98 Å². The predicted octanol–water partition coefficient (Wildman–Crippen LogP) is 4.45. The van der Waals surface area contributed by atoms with Gasteiger partial charge in [-0.05, 0) is 37.5 Å². The SMILES string of the molecule is CCc1cccc2nc(-c3ccncc3F)c(NC3CCCC3)n12. The summed E-state index contributed by atoms with van der Waals surface area (Å²) >= 11 is 0. The Bertz CT molecular complexity index is 865. The number of hydrogen-bond donors (Lipinski definition) is 1. The number of nitrogens with one attached hydrogen (secondary N) is 1. The van der Waals surface area contributed by atoms with Crippen molar-refractivity contribution in [1.29, 1.82) is 0 Å².